The molecular formula is C9H11F5O6S. The van der Waals surface area contributed by atoms with E-state index >= 15 is 0 Å². The van der Waals surface area contributed by atoms with Crippen LogP contribution in [0.5, 0.6) is 0 Å². The summed E-state index contributed by atoms with van der Waals surface area (Å²) in [5.74, 6) is -11.0. The fraction of sp³-hybridized carbons (Fsp3) is 0.778. The first-order chi connectivity index (χ1) is 9.17. The Kier molecular flexibility index (Phi) is 5.83. The minimum absolute atomic E-state index is 0.129. The number of aliphatic hydroxyl groups excluding tert-OH is 1. The molecule has 0 bridgehead atoms. The van der Waals surface area contributed by atoms with Gasteiger partial charge < -0.3 is 9.84 Å². The lowest BCUT2D eigenvalue weighted by molar-refractivity contribution is -0.269. The van der Waals surface area contributed by atoms with Gasteiger partial charge in [-0.3, -0.25) is 4.79 Å². The molecule has 2 atom stereocenters. The highest BCUT2D eigenvalue weighted by Crippen LogP contribution is 2.38. The molecule has 0 aromatic heterocycles. The number of hydrogen-bond donors (Lipinski definition) is 1. The maximum Gasteiger partial charge on any atom is 0.461 e. The van der Waals surface area contributed by atoms with Crippen molar-refractivity contribution in [2.24, 2.45) is 0 Å². The number of rotatable bonds is 6. The van der Waals surface area contributed by atoms with Gasteiger partial charge in [0, 0.05) is 6.26 Å². The Hall–Kier alpha value is -1.30. The Morgan fingerprint density at radius 1 is 1.19 bits per heavy atom. The van der Waals surface area contributed by atoms with Gasteiger partial charge >= 0.3 is 18.1 Å². The molecule has 1 N–H and O–H groups in total. The number of carbonyl (C=O) groups is 2. The third-order valence-corrected chi connectivity index (χ3v) is 3.59. The zero-order valence-corrected chi connectivity index (χ0v) is 11.5. The summed E-state index contributed by atoms with van der Waals surface area (Å²) in [5.41, 5.74) is 0. The van der Waals surface area contributed by atoms with Crippen molar-refractivity contribution >= 4 is 21.6 Å². The van der Waals surface area contributed by atoms with Crippen molar-refractivity contribution in [3.8, 4) is 0 Å². The van der Waals surface area contributed by atoms with Gasteiger partial charge in [0.2, 0.25) is 5.78 Å². The van der Waals surface area contributed by atoms with Crippen LogP contribution < -0.4 is 0 Å². The first kappa shape index (κ1) is 19.7. The maximum absolute atomic E-state index is 12.9. The quantitative estimate of drug-likeness (QED) is 0.543. The van der Waals surface area contributed by atoms with Crippen LogP contribution in [0.1, 0.15) is 6.92 Å². The first-order valence-corrected chi connectivity index (χ1v) is 7.15. The lowest BCUT2D eigenvalue weighted by Gasteiger charge is -2.24. The average molecular weight is 342 g/mol. The molecule has 0 rings (SSSR count). The van der Waals surface area contributed by atoms with E-state index in [0.717, 1.165) is 0 Å². The molecule has 0 radical (unpaired) electrons. The molecule has 0 aromatic rings. The van der Waals surface area contributed by atoms with E-state index in [-0.39, 0.29) is 6.26 Å². The van der Waals surface area contributed by atoms with E-state index in [2.05, 4.69) is 4.74 Å². The summed E-state index contributed by atoms with van der Waals surface area (Å²) in [6, 6.07) is 0. The molecule has 0 aliphatic carbocycles. The highest BCUT2D eigenvalue weighted by Gasteiger charge is 2.67. The number of aliphatic hydroxyl groups is 1. The second kappa shape index (κ2) is 6.22. The fourth-order valence-electron chi connectivity index (χ4n) is 1.24. The highest BCUT2D eigenvalue weighted by molar-refractivity contribution is 7.92. The number of hydrogen-bond acceptors (Lipinski definition) is 6. The van der Waals surface area contributed by atoms with Crippen LogP contribution in [0.4, 0.5) is 22.0 Å². The summed E-state index contributed by atoms with van der Waals surface area (Å²) in [4.78, 5) is 22.3. The zero-order valence-electron chi connectivity index (χ0n) is 10.6. The van der Waals surface area contributed by atoms with Gasteiger partial charge in [0.15, 0.2) is 21.2 Å². The van der Waals surface area contributed by atoms with E-state index in [9.17, 15) is 45.1 Å². The Labute approximate surface area is 115 Å². The Morgan fingerprint density at radius 3 is 1.90 bits per heavy atom. The van der Waals surface area contributed by atoms with Gasteiger partial charge in [-0.1, -0.05) is 0 Å². The maximum atomic E-state index is 12.9. The van der Waals surface area contributed by atoms with Crippen LogP contribution in [0.3, 0.4) is 0 Å². The van der Waals surface area contributed by atoms with Crippen LogP contribution in [-0.2, 0) is 24.2 Å². The molecule has 0 fully saturated rings. The topological polar surface area (TPSA) is 97.7 Å². The standard InChI is InChI=1S/C9H11F5O6S/c1-3-20-7(17)4(15)5(21(2,18)19)6(16)8(10,11)9(12,13)14/h4-5,15H,3H2,1-2H3. The smallest absolute Gasteiger partial charge is 0.461 e. The SMILES string of the molecule is CCOC(=O)C(O)C(C(=O)C(F)(F)C(F)(F)F)S(C)(=O)=O. The fourth-order valence-corrected chi connectivity index (χ4v) is 2.36. The molecule has 0 aliphatic rings. The van der Waals surface area contributed by atoms with Crippen molar-refractivity contribution in [1.29, 1.82) is 0 Å². The molecule has 0 saturated heterocycles. The number of ether oxygens (including phenoxy) is 1. The number of esters is 1. The Balaban J connectivity index is 5.79. The first-order valence-electron chi connectivity index (χ1n) is 5.20. The van der Waals surface area contributed by atoms with Crippen LogP contribution in [0.15, 0.2) is 0 Å². The van der Waals surface area contributed by atoms with E-state index in [4.69, 9.17) is 0 Å². The molecule has 6 nitrogen and oxygen atoms in total. The van der Waals surface area contributed by atoms with Gasteiger partial charge in [-0.15, -0.1) is 0 Å². The Bertz CT molecular complexity index is 511. The van der Waals surface area contributed by atoms with Crippen LogP contribution >= 0.6 is 0 Å². The molecule has 2 unspecified atom stereocenters. The molecule has 21 heavy (non-hydrogen) atoms. The van der Waals surface area contributed by atoms with E-state index < -0.39 is 51.6 Å². The molecule has 12 heteroatoms. The predicted octanol–water partition coefficient (Wildman–Crippen LogP) is 0.0903. The molecule has 0 aromatic carbocycles. The second-order valence-corrected chi connectivity index (χ2v) is 6.05. The lowest BCUT2D eigenvalue weighted by Crippen LogP contribution is -2.56. The van der Waals surface area contributed by atoms with Gasteiger partial charge in [-0.25, -0.2) is 13.2 Å². The van der Waals surface area contributed by atoms with Gasteiger partial charge in [0.05, 0.1) is 6.61 Å². The minimum atomic E-state index is -6.37. The predicted molar refractivity (Wildman–Crippen MR) is 57.3 cm³/mol. The molecule has 0 spiro atoms. The average Bonchev–Trinajstić information content (AvgIpc) is 2.25. The van der Waals surface area contributed by atoms with Gasteiger partial charge in [0.25, 0.3) is 0 Å². The van der Waals surface area contributed by atoms with Crippen LogP contribution in [0.2, 0.25) is 0 Å². The van der Waals surface area contributed by atoms with Gasteiger partial charge in [0.1, 0.15) is 0 Å². The van der Waals surface area contributed by atoms with E-state index in [1.54, 1.807) is 0 Å². The highest BCUT2D eigenvalue weighted by atomic mass is 32.2. The molecular weight excluding hydrogens is 331 g/mol. The van der Waals surface area contributed by atoms with Crippen LogP contribution in [0.25, 0.3) is 0 Å². The minimum Gasteiger partial charge on any atom is -0.464 e. The summed E-state index contributed by atoms with van der Waals surface area (Å²) >= 11 is 0. The summed E-state index contributed by atoms with van der Waals surface area (Å²) in [6.07, 6.45) is -9.24. The molecule has 0 amide bonds. The number of ketones is 1. The third kappa shape index (κ3) is 4.33. The van der Waals surface area contributed by atoms with E-state index in [1.807, 2.05) is 0 Å². The summed E-state index contributed by atoms with van der Waals surface area (Å²) in [7, 11) is -4.95. The van der Waals surface area contributed by atoms with Crippen molar-refractivity contribution in [2.45, 2.75) is 30.4 Å². The molecule has 0 aliphatic heterocycles. The van der Waals surface area contributed by atoms with Gasteiger partial charge in [-0.05, 0) is 6.92 Å². The lowest BCUT2D eigenvalue weighted by atomic mass is 10.1. The van der Waals surface area contributed by atoms with Crippen molar-refractivity contribution in [3.05, 3.63) is 0 Å². The Morgan fingerprint density at radius 2 is 1.62 bits per heavy atom. The number of alkyl halides is 5. The third-order valence-electron chi connectivity index (χ3n) is 2.20. The summed E-state index contributed by atoms with van der Waals surface area (Å²) < 4.78 is 88.6. The van der Waals surface area contributed by atoms with Crippen molar-refractivity contribution in [1.82, 2.24) is 0 Å². The molecule has 124 valence electrons. The van der Waals surface area contributed by atoms with Gasteiger partial charge in [-0.2, -0.15) is 22.0 Å². The van der Waals surface area contributed by atoms with E-state index in [0.29, 0.717) is 0 Å². The number of carbonyl (C=O) groups excluding carboxylic acids is 2. The molecule has 0 heterocycles. The molecule has 0 saturated carbocycles. The second-order valence-electron chi connectivity index (χ2n) is 3.88. The summed E-state index contributed by atoms with van der Waals surface area (Å²) in [6.45, 7) is 0.780. The van der Waals surface area contributed by atoms with Crippen molar-refractivity contribution in [3.63, 3.8) is 0 Å². The monoisotopic (exact) mass is 342 g/mol. The largest absolute Gasteiger partial charge is 0.464 e. The summed E-state index contributed by atoms with van der Waals surface area (Å²) in [5, 5.41) is 5.97. The van der Waals surface area contributed by atoms with Crippen molar-refractivity contribution in [2.75, 3.05) is 12.9 Å². The zero-order chi connectivity index (χ0) is 17.2. The normalized spacial score (nSPS) is 16.2. The number of halogens is 5. The van der Waals surface area contributed by atoms with Crippen LogP contribution in [-0.4, -0.2) is 61.6 Å². The number of Topliss-reactive ketones (excluding diaryl/α,β-unsaturated/α-hetero) is 1. The van der Waals surface area contributed by atoms with Crippen molar-refractivity contribution < 1.29 is 49.8 Å². The van der Waals surface area contributed by atoms with Crippen LogP contribution in [0, 0.1) is 0 Å². The number of sulfone groups is 1. The van der Waals surface area contributed by atoms with E-state index in [1.165, 1.54) is 6.92 Å².